The summed E-state index contributed by atoms with van der Waals surface area (Å²) < 4.78 is 0. The summed E-state index contributed by atoms with van der Waals surface area (Å²) in [5, 5.41) is 3.84. The van der Waals surface area contributed by atoms with Gasteiger partial charge in [-0.05, 0) is 17.7 Å². The zero-order valence-corrected chi connectivity index (χ0v) is 5.78. The van der Waals surface area contributed by atoms with Gasteiger partial charge in [0.25, 0.3) is 0 Å². The fraction of sp³-hybridized carbons (Fsp3) is 0.143. The number of hydrogen-bond acceptors (Lipinski definition) is 3. The monoisotopic (exact) mass is 135 g/mol. The molecule has 1 rings (SSSR count). The third kappa shape index (κ3) is 1.85. The molecule has 0 aromatic carbocycles. The van der Waals surface area contributed by atoms with Crippen molar-refractivity contribution in [1.29, 1.82) is 0 Å². The van der Waals surface area contributed by atoms with Gasteiger partial charge in [-0.25, -0.2) is 0 Å². The van der Waals surface area contributed by atoms with Crippen molar-refractivity contribution in [1.82, 2.24) is 10.4 Å². The van der Waals surface area contributed by atoms with Gasteiger partial charge in [-0.15, -0.1) is 0 Å². The first-order valence-electron chi connectivity index (χ1n) is 3.03. The Hall–Kier alpha value is -1.38. The van der Waals surface area contributed by atoms with E-state index >= 15 is 0 Å². The topological polar surface area (TPSA) is 37.3 Å². The summed E-state index contributed by atoms with van der Waals surface area (Å²) in [6, 6.07) is 3.78. The van der Waals surface area contributed by atoms with Gasteiger partial charge < -0.3 is 5.43 Å². The maximum atomic E-state index is 3.87. The Bertz CT molecular complexity index is 205. The third-order valence-electron chi connectivity index (χ3n) is 1.05. The molecule has 3 heteroatoms. The van der Waals surface area contributed by atoms with Crippen LogP contribution in [0.3, 0.4) is 0 Å². The molecule has 1 heterocycles. The Labute approximate surface area is 59.8 Å². The maximum absolute atomic E-state index is 3.87. The van der Waals surface area contributed by atoms with Crippen molar-refractivity contribution in [3.8, 4) is 0 Å². The minimum absolute atomic E-state index is 1.05. The molecule has 1 aromatic rings. The van der Waals surface area contributed by atoms with Crippen molar-refractivity contribution in [3.63, 3.8) is 0 Å². The fourth-order valence-electron chi connectivity index (χ4n) is 0.589. The Morgan fingerprint density at radius 1 is 1.50 bits per heavy atom. The smallest absolute Gasteiger partial charge is 0.0541 e. The van der Waals surface area contributed by atoms with Crippen LogP contribution in [0, 0.1) is 0 Å². The van der Waals surface area contributed by atoms with Crippen LogP contribution in [0.2, 0.25) is 0 Å². The van der Waals surface area contributed by atoms with E-state index in [1.807, 2.05) is 12.1 Å². The fourth-order valence-corrected chi connectivity index (χ4v) is 0.589. The molecule has 0 fully saturated rings. The van der Waals surface area contributed by atoms with E-state index < -0.39 is 0 Å². The van der Waals surface area contributed by atoms with E-state index in [2.05, 4.69) is 15.5 Å². The highest BCUT2D eigenvalue weighted by molar-refractivity contribution is 5.78. The molecule has 10 heavy (non-hydrogen) atoms. The normalized spacial score (nSPS) is 10.1. The number of hydrogen-bond donors (Lipinski definition) is 1. The summed E-state index contributed by atoms with van der Waals surface area (Å²) in [6.07, 6.45) is 5.20. The molecule has 1 aromatic heterocycles. The molecule has 0 unspecified atom stereocenters. The van der Waals surface area contributed by atoms with E-state index in [1.165, 1.54) is 0 Å². The minimum atomic E-state index is 1.05. The lowest BCUT2D eigenvalue weighted by molar-refractivity contribution is 0.908. The van der Waals surface area contributed by atoms with Gasteiger partial charge >= 0.3 is 0 Å². The average molecular weight is 135 g/mol. The van der Waals surface area contributed by atoms with Gasteiger partial charge in [-0.1, -0.05) is 0 Å². The molecule has 1 N–H and O–H groups in total. The van der Waals surface area contributed by atoms with E-state index in [-0.39, 0.29) is 0 Å². The van der Waals surface area contributed by atoms with Gasteiger partial charge in [0.15, 0.2) is 0 Å². The van der Waals surface area contributed by atoms with E-state index in [0.29, 0.717) is 0 Å². The molecule has 52 valence electrons. The van der Waals surface area contributed by atoms with Gasteiger partial charge in [0.1, 0.15) is 0 Å². The SMILES string of the molecule is CN/N=C/c1ccncc1. The summed E-state index contributed by atoms with van der Waals surface area (Å²) in [6.45, 7) is 0. The van der Waals surface area contributed by atoms with Crippen molar-refractivity contribution in [3.05, 3.63) is 30.1 Å². The lowest BCUT2D eigenvalue weighted by Crippen LogP contribution is -1.94. The number of pyridine rings is 1. The van der Waals surface area contributed by atoms with Crippen molar-refractivity contribution >= 4 is 6.21 Å². The standard InChI is InChI=1S/C7H9N3/c1-8-10-6-7-2-4-9-5-3-7/h2-6,8H,1H3/b10-6+. The number of nitrogens with one attached hydrogen (secondary N) is 1. The molecular formula is C7H9N3. The molecule has 0 aliphatic rings. The third-order valence-corrected chi connectivity index (χ3v) is 1.05. The predicted molar refractivity (Wildman–Crippen MR) is 40.9 cm³/mol. The van der Waals surface area contributed by atoms with Crippen LogP contribution < -0.4 is 5.43 Å². The van der Waals surface area contributed by atoms with Gasteiger partial charge in [0.2, 0.25) is 0 Å². The summed E-state index contributed by atoms with van der Waals surface area (Å²) in [4.78, 5) is 3.87. The van der Waals surface area contributed by atoms with Crippen molar-refractivity contribution < 1.29 is 0 Å². The van der Waals surface area contributed by atoms with Crippen LogP contribution in [-0.4, -0.2) is 18.2 Å². The molecule has 0 saturated carbocycles. The largest absolute Gasteiger partial charge is 0.313 e. The van der Waals surface area contributed by atoms with Gasteiger partial charge in [-0.3, -0.25) is 4.98 Å². The quantitative estimate of drug-likeness (QED) is 0.477. The van der Waals surface area contributed by atoms with E-state index in [0.717, 1.165) is 5.56 Å². The minimum Gasteiger partial charge on any atom is -0.313 e. The van der Waals surface area contributed by atoms with Crippen molar-refractivity contribution in [2.24, 2.45) is 5.10 Å². The van der Waals surface area contributed by atoms with Crippen LogP contribution in [-0.2, 0) is 0 Å². The second kappa shape index (κ2) is 3.61. The first-order valence-corrected chi connectivity index (χ1v) is 3.03. The van der Waals surface area contributed by atoms with Crippen molar-refractivity contribution in [2.75, 3.05) is 7.05 Å². The van der Waals surface area contributed by atoms with Gasteiger partial charge in [-0.2, -0.15) is 5.10 Å². The van der Waals surface area contributed by atoms with Crippen LogP contribution in [0.1, 0.15) is 5.56 Å². The summed E-state index contributed by atoms with van der Waals surface area (Å²) in [5.74, 6) is 0. The van der Waals surface area contributed by atoms with Gasteiger partial charge in [0, 0.05) is 19.4 Å². The average Bonchev–Trinajstić information content (AvgIpc) is 2.03. The van der Waals surface area contributed by atoms with Gasteiger partial charge in [0.05, 0.1) is 6.21 Å². The highest BCUT2D eigenvalue weighted by atomic mass is 15.3. The molecule has 0 atom stereocenters. The lowest BCUT2D eigenvalue weighted by atomic mass is 10.3. The van der Waals surface area contributed by atoms with Crippen LogP contribution in [0.25, 0.3) is 0 Å². The molecular weight excluding hydrogens is 126 g/mol. The van der Waals surface area contributed by atoms with Crippen LogP contribution in [0.4, 0.5) is 0 Å². The molecule has 0 spiro atoms. The second-order valence-corrected chi connectivity index (χ2v) is 1.76. The van der Waals surface area contributed by atoms with Crippen LogP contribution in [0.15, 0.2) is 29.6 Å². The Morgan fingerprint density at radius 3 is 2.80 bits per heavy atom. The lowest BCUT2D eigenvalue weighted by Gasteiger charge is -1.88. The Kier molecular flexibility index (Phi) is 2.43. The number of nitrogens with zero attached hydrogens (tertiary/aromatic N) is 2. The number of rotatable bonds is 2. The van der Waals surface area contributed by atoms with E-state index in [9.17, 15) is 0 Å². The van der Waals surface area contributed by atoms with E-state index in [4.69, 9.17) is 0 Å². The molecule has 3 nitrogen and oxygen atoms in total. The highest BCUT2D eigenvalue weighted by Gasteiger charge is 1.80. The zero-order valence-electron chi connectivity index (χ0n) is 5.78. The Balaban J connectivity index is 2.67. The molecule has 0 aliphatic carbocycles. The van der Waals surface area contributed by atoms with Crippen molar-refractivity contribution in [2.45, 2.75) is 0 Å². The summed E-state index contributed by atoms with van der Waals surface area (Å²) in [7, 11) is 1.76. The molecule has 0 bridgehead atoms. The zero-order chi connectivity index (χ0) is 7.23. The Morgan fingerprint density at radius 2 is 2.20 bits per heavy atom. The molecule has 0 amide bonds. The first kappa shape index (κ1) is 6.74. The summed E-state index contributed by atoms with van der Waals surface area (Å²) in [5.41, 5.74) is 3.71. The summed E-state index contributed by atoms with van der Waals surface area (Å²) >= 11 is 0. The molecule has 0 aliphatic heterocycles. The molecule has 0 radical (unpaired) electrons. The second-order valence-electron chi connectivity index (χ2n) is 1.76. The van der Waals surface area contributed by atoms with E-state index in [1.54, 1.807) is 25.7 Å². The molecule has 0 saturated heterocycles. The van der Waals surface area contributed by atoms with Crippen LogP contribution >= 0.6 is 0 Å². The highest BCUT2D eigenvalue weighted by Crippen LogP contribution is 1.89. The number of aromatic nitrogens is 1. The maximum Gasteiger partial charge on any atom is 0.0541 e. The number of hydrazone groups is 1. The predicted octanol–water partition coefficient (Wildman–Crippen LogP) is 0.635. The first-order chi connectivity index (χ1) is 4.93. The van der Waals surface area contributed by atoms with Crippen LogP contribution in [0.5, 0.6) is 0 Å².